The molecule has 1 saturated carbocycles. The van der Waals surface area contributed by atoms with E-state index in [2.05, 4.69) is 26.1 Å². The van der Waals surface area contributed by atoms with Gasteiger partial charge in [-0.2, -0.15) is 0 Å². The minimum atomic E-state index is -0.208. The summed E-state index contributed by atoms with van der Waals surface area (Å²) in [5.41, 5.74) is 0.906. The van der Waals surface area contributed by atoms with Crippen molar-refractivity contribution in [2.24, 2.45) is 5.92 Å². The number of rotatable bonds is 6. The predicted molar refractivity (Wildman–Crippen MR) is 75.8 cm³/mol. The SMILES string of the molecule is CC(C)(C)NCc1cc(F)ccc1OCCC1CC1. The van der Waals surface area contributed by atoms with Gasteiger partial charge in [0.1, 0.15) is 11.6 Å². The summed E-state index contributed by atoms with van der Waals surface area (Å²) >= 11 is 0. The maximum atomic E-state index is 13.3. The van der Waals surface area contributed by atoms with Crippen molar-refractivity contribution in [1.29, 1.82) is 0 Å². The van der Waals surface area contributed by atoms with E-state index in [4.69, 9.17) is 4.74 Å². The number of nitrogens with one attached hydrogen (secondary N) is 1. The fourth-order valence-electron chi connectivity index (χ4n) is 1.93. The standard InChI is InChI=1S/C16H24FNO/c1-16(2,3)18-11-13-10-14(17)6-7-15(13)19-9-8-12-4-5-12/h6-7,10,12,18H,4-5,8-9,11H2,1-3H3. The van der Waals surface area contributed by atoms with Gasteiger partial charge in [-0.25, -0.2) is 4.39 Å². The second kappa shape index (κ2) is 5.91. The molecule has 0 saturated heterocycles. The third-order valence-corrected chi connectivity index (χ3v) is 3.31. The van der Waals surface area contributed by atoms with Gasteiger partial charge in [0.2, 0.25) is 0 Å². The van der Waals surface area contributed by atoms with Crippen LogP contribution in [0.25, 0.3) is 0 Å². The van der Waals surface area contributed by atoms with Crippen LogP contribution in [0.1, 0.15) is 45.6 Å². The molecule has 106 valence electrons. The molecule has 0 atom stereocenters. The third-order valence-electron chi connectivity index (χ3n) is 3.31. The zero-order valence-corrected chi connectivity index (χ0v) is 12.1. The predicted octanol–water partition coefficient (Wildman–Crippen LogP) is 3.89. The molecule has 0 unspecified atom stereocenters. The largest absolute Gasteiger partial charge is 0.493 e. The maximum absolute atomic E-state index is 13.3. The summed E-state index contributed by atoms with van der Waals surface area (Å²) in [4.78, 5) is 0. The van der Waals surface area contributed by atoms with E-state index in [1.165, 1.54) is 18.9 Å². The number of hydrogen-bond donors (Lipinski definition) is 1. The van der Waals surface area contributed by atoms with Crippen molar-refractivity contribution in [2.75, 3.05) is 6.61 Å². The van der Waals surface area contributed by atoms with Crippen molar-refractivity contribution in [1.82, 2.24) is 5.32 Å². The summed E-state index contributed by atoms with van der Waals surface area (Å²) in [6.45, 7) is 7.65. The zero-order chi connectivity index (χ0) is 13.9. The van der Waals surface area contributed by atoms with E-state index in [0.717, 1.165) is 30.3 Å². The quantitative estimate of drug-likeness (QED) is 0.842. The summed E-state index contributed by atoms with van der Waals surface area (Å²) in [5.74, 6) is 1.45. The number of hydrogen-bond acceptors (Lipinski definition) is 2. The molecular weight excluding hydrogens is 241 g/mol. The molecule has 1 N–H and O–H groups in total. The fourth-order valence-corrected chi connectivity index (χ4v) is 1.93. The Kier molecular flexibility index (Phi) is 4.46. The monoisotopic (exact) mass is 265 g/mol. The summed E-state index contributed by atoms with van der Waals surface area (Å²) in [6, 6.07) is 4.76. The number of benzene rings is 1. The van der Waals surface area contributed by atoms with Crippen molar-refractivity contribution in [3.05, 3.63) is 29.6 Å². The van der Waals surface area contributed by atoms with Gasteiger partial charge in [0.25, 0.3) is 0 Å². The van der Waals surface area contributed by atoms with Crippen LogP contribution in [0, 0.1) is 11.7 Å². The molecule has 2 rings (SSSR count). The molecule has 0 aliphatic heterocycles. The van der Waals surface area contributed by atoms with Crippen LogP contribution >= 0.6 is 0 Å². The molecule has 0 amide bonds. The summed E-state index contributed by atoms with van der Waals surface area (Å²) in [7, 11) is 0. The lowest BCUT2D eigenvalue weighted by atomic mass is 10.1. The van der Waals surface area contributed by atoms with Crippen molar-refractivity contribution in [2.45, 2.75) is 52.1 Å². The second-order valence-electron chi connectivity index (χ2n) is 6.44. The lowest BCUT2D eigenvalue weighted by molar-refractivity contribution is 0.296. The Labute approximate surface area is 115 Å². The first-order valence-electron chi connectivity index (χ1n) is 7.10. The molecule has 1 aliphatic rings. The van der Waals surface area contributed by atoms with Crippen LogP contribution in [0.5, 0.6) is 5.75 Å². The smallest absolute Gasteiger partial charge is 0.123 e. The summed E-state index contributed by atoms with van der Waals surface area (Å²) in [6.07, 6.45) is 3.79. The van der Waals surface area contributed by atoms with Crippen molar-refractivity contribution >= 4 is 0 Å². The van der Waals surface area contributed by atoms with E-state index in [1.807, 2.05) is 0 Å². The molecule has 0 heterocycles. The van der Waals surface area contributed by atoms with Crippen molar-refractivity contribution in [3.63, 3.8) is 0 Å². The van der Waals surface area contributed by atoms with Gasteiger partial charge in [-0.05, 0) is 51.3 Å². The van der Waals surface area contributed by atoms with E-state index >= 15 is 0 Å². The Balaban J connectivity index is 1.95. The van der Waals surface area contributed by atoms with Crippen LogP contribution < -0.4 is 10.1 Å². The van der Waals surface area contributed by atoms with Crippen LogP contribution in [-0.2, 0) is 6.54 Å². The minimum Gasteiger partial charge on any atom is -0.493 e. The van der Waals surface area contributed by atoms with E-state index in [9.17, 15) is 4.39 Å². The molecule has 1 aliphatic carbocycles. The maximum Gasteiger partial charge on any atom is 0.123 e. The molecule has 3 heteroatoms. The fraction of sp³-hybridized carbons (Fsp3) is 0.625. The lowest BCUT2D eigenvalue weighted by Crippen LogP contribution is -2.35. The van der Waals surface area contributed by atoms with Gasteiger partial charge < -0.3 is 10.1 Å². The molecule has 19 heavy (non-hydrogen) atoms. The van der Waals surface area contributed by atoms with E-state index in [1.54, 1.807) is 12.1 Å². The number of ether oxygens (including phenoxy) is 1. The molecular formula is C16H24FNO. The molecule has 0 bridgehead atoms. The highest BCUT2D eigenvalue weighted by Crippen LogP contribution is 2.32. The number of halogens is 1. The van der Waals surface area contributed by atoms with E-state index in [-0.39, 0.29) is 11.4 Å². The van der Waals surface area contributed by atoms with Gasteiger partial charge >= 0.3 is 0 Å². The molecule has 1 fully saturated rings. The second-order valence-corrected chi connectivity index (χ2v) is 6.44. The molecule has 1 aromatic carbocycles. The van der Waals surface area contributed by atoms with E-state index < -0.39 is 0 Å². The highest BCUT2D eigenvalue weighted by molar-refractivity contribution is 5.34. The Bertz CT molecular complexity index is 421. The summed E-state index contributed by atoms with van der Waals surface area (Å²) in [5, 5.41) is 3.37. The Morgan fingerprint density at radius 1 is 1.32 bits per heavy atom. The van der Waals surface area contributed by atoms with Crippen LogP contribution in [0.3, 0.4) is 0 Å². The highest BCUT2D eigenvalue weighted by atomic mass is 19.1. The van der Waals surface area contributed by atoms with Gasteiger partial charge in [-0.15, -0.1) is 0 Å². The van der Waals surface area contributed by atoms with Crippen LogP contribution in [0.2, 0.25) is 0 Å². The molecule has 1 aromatic rings. The first-order chi connectivity index (χ1) is 8.94. The minimum absolute atomic E-state index is 0.0115. The average molecular weight is 265 g/mol. The molecule has 2 nitrogen and oxygen atoms in total. The molecule has 0 radical (unpaired) electrons. The topological polar surface area (TPSA) is 21.3 Å². The first kappa shape index (κ1) is 14.3. The van der Waals surface area contributed by atoms with Crippen molar-refractivity contribution < 1.29 is 9.13 Å². The highest BCUT2D eigenvalue weighted by Gasteiger charge is 2.21. The molecule has 0 spiro atoms. The zero-order valence-electron chi connectivity index (χ0n) is 12.1. The van der Waals surface area contributed by atoms with Crippen molar-refractivity contribution in [3.8, 4) is 5.75 Å². The average Bonchev–Trinajstić information content (AvgIpc) is 3.12. The third kappa shape index (κ3) is 5.19. The van der Waals surface area contributed by atoms with Gasteiger partial charge in [0.15, 0.2) is 0 Å². The van der Waals surface area contributed by atoms with Crippen LogP contribution in [0.15, 0.2) is 18.2 Å². The normalized spacial score (nSPS) is 15.6. The summed E-state index contributed by atoms with van der Waals surface area (Å²) < 4.78 is 19.1. The lowest BCUT2D eigenvalue weighted by Gasteiger charge is -2.21. The van der Waals surface area contributed by atoms with Gasteiger partial charge in [0.05, 0.1) is 6.61 Å². The van der Waals surface area contributed by atoms with Gasteiger partial charge in [-0.3, -0.25) is 0 Å². The Morgan fingerprint density at radius 3 is 2.68 bits per heavy atom. The van der Waals surface area contributed by atoms with E-state index in [0.29, 0.717) is 6.54 Å². The Morgan fingerprint density at radius 2 is 2.05 bits per heavy atom. The first-order valence-corrected chi connectivity index (χ1v) is 7.10. The van der Waals surface area contributed by atoms with Gasteiger partial charge in [0, 0.05) is 17.6 Å². The van der Waals surface area contributed by atoms with Gasteiger partial charge in [-0.1, -0.05) is 12.8 Å². The van der Waals surface area contributed by atoms with Crippen LogP contribution in [0.4, 0.5) is 4.39 Å². The Hall–Kier alpha value is -1.09. The van der Waals surface area contributed by atoms with Crippen LogP contribution in [-0.4, -0.2) is 12.1 Å². The molecule has 0 aromatic heterocycles.